The minimum absolute atomic E-state index is 0.0278. The third-order valence-corrected chi connectivity index (χ3v) is 1.15. The van der Waals surface area contributed by atoms with E-state index in [0.29, 0.717) is 0 Å². The Morgan fingerprint density at radius 2 is 2.20 bits per heavy atom. The fourth-order valence-corrected chi connectivity index (χ4v) is 0.763. The van der Waals surface area contributed by atoms with Crippen LogP contribution in [0.25, 0.3) is 0 Å². The highest BCUT2D eigenvalue weighted by molar-refractivity contribution is 4.90. The molecule has 1 N–H and O–H groups in total. The second kappa shape index (κ2) is 5.21. The van der Waals surface area contributed by atoms with Gasteiger partial charge in [0.2, 0.25) is 0 Å². The molecule has 3 heteroatoms. The molecule has 10 heavy (non-hydrogen) atoms. The summed E-state index contributed by atoms with van der Waals surface area (Å²) in [5.74, 6) is 0. The van der Waals surface area contributed by atoms with Gasteiger partial charge in [0.1, 0.15) is 6.04 Å². The van der Waals surface area contributed by atoms with Crippen LogP contribution in [0.2, 0.25) is 0 Å². The van der Waals surface area contributed by atoms with Crippen LogP contribution in [-0.2, 0) is 0 Å². The molecule has 0 aromatic carbocycles. The van der Waals surface area contributed by atoms with Crippen molar-refractivity contribution < 1.29 is 0 Å². The average molecular weight is 141 g/mol. The van der Waals surface area contributed by atoms with Gasteiger partial charge >= 0.3 is 0 Å². The molecule has 0 aliphatic carbocycles. The summed E-state index contributed by atoms with van der Waals surface area (Å²) in [7, 11) is 3.92. The van der Waals surface area contributed by atoms with Crippen molar-refractivity contribution >= 4 is 0 Å². The van der Waals surface area contributed by atoms with Gasteiger partial charge in [-0.05, 0) is 20.6 Å². The molecule has 0 radical (unpaired) electrons. The Balaban J connectivity index is 3.52. The van der Waals surface area contributed by atoms with E-state index in [2.05, 4.69) is 11.4 Å². The normalized spacial score (nSPS) is 13.1. The van der Waals surface area contributed by atoms with Crippen LogP contribution in [0.3, 0.4) is 0 Å². The summed E-state index contributed by atoms with van der Waals surface area (Å²) in [5, 5.41) is 11.6. The van der Waals surface area contributed by atoms with Gasteiger partial charge < -0.3 is 10.2 Å². The summed E-state index contributed by atoms with van der Waals surface area (Å²) in [6, 6.07) is 2.15. The molecule has 0 saturated heterocycles. The van der Waals surface area contributed by atoms with Gasteiger partial charge in [-0.3, -0.25) is 0 Å². The fraction of sp³-hybridized carbons (Fsp3) is 0.857. The maximum Gasteiger partial charge on any atom is 0.108 e. The predicted molar refractivity (Wildman–Crippen MR) is 41.6 cm³/mol. The van der Waals surface area contributed by atoms with E-state index in [9.17, 15) is 0 Å². The summed E-state index contributed by atoms with van der Waals surface area (Å²) in [4.78, 5) is 2.00. The van der Waals surface area contributed by atoms with Crippen molar-refractivity contribution in [2.24, 2.45) is 0 Å². The number of nitrogens with zero attached hydrogens (tertiary/aromatic N) is 2. The van der Waals surface area contributed by atoms with Gasteiger partial charge in [0.25, 0.3) is 0 Å². The van der Waals surface area contributed by atoms with Crippen LogP contribution >= 0.6 is 0 Å². The molecule has 0 heterocycles. The first-order valence-electron chi connectivity index (χ1n) is 3.48. The second-order valence-corrected chi connectivity index (χ2v) is 2.50. The van der Waals surface area contributed by atoms with Crippen molar-refractivity contribution in [1.29, 1.82) is 5.26 Å². The van der Waals surface area contributed by atoms with Gasteiger partial charge in [0.05, 0.1) is 6.07 Å². The maximum atomic E-state index is 8.57. The molecule has 58 valence electrons. The maximum absolute atomic E-state index is 8.57. The van der Waals surface area contributed by atoms with Crippen LogP contribution in [0.15, 0.2) is 0 Å². The molecular weight excluding hydrogens is 126 g/mol. The van der Waals surface area contributed by atoms with E-state index in [4.69, 9.17) is 5.26 Å². The van der Waals surface area contributed by atoms with Gasteiger partial charge in [-0.1, -0.05) is 6.92 Å². The van der Waals surface area contributed by atoms with E-state index in [-0.39, 0.29) is 6.04 Å². The van der Waals surface area contributed by atoms with Gasteiger partial charge in [0, 0.05) is 6.54 Å². The van der Waals surface area contributed by atoms with Crippen molar-refractivity contribution in [2.75, 3.05) is 27.2 Å². The van der Waals surface area contributed by atoms with Crippen LogP contribution in [0.4, 0.5) is 0 Å². The molecule has 0 aliphatic rings. The van der Waals surface area contributed by atoms with Crippen molar-refractivity contribution in [3.05, 3.63) is 0 Å². The number of hydrogen-bond acceptors (Lipinski definition) is 3. The number of hydrogen-bond donors (Lipinski definition) is 1. The molecule has 0 aromatic heterocycles. The Hall–Kier alpha value is -0.590. The first-order valence-corrected chi connectivity index (χ1v) is 3.48. The van der Waals surface area contributed by atoms with Crippen molar-refractivity contribution in [1.82, 2.24) is 10.2 Å². The average Bonchev–Trinajstić information content (AvgIpc) is 1.86. The molecule has 0 fully saturated rings. The zero-order chi connectivity index (χ0) is 7.98. The van der Waals surface area contributed by atoms with Gasteiger partial charge in [-0.2, -0.15) is 5.26 Å². The number of likely N-dealkylation sites (N-methyl/N-ethyl adjacent to an activating group) is 2. The SMILES string of the molecule is CCNC(C#N)CN(C)C. The molecule has 0 aromatic rings. The van der Waals surface area contributed by atoms with Gasteiger partial charge in [-0.25, -0.2) is 0 Å². The Morgan fingerprint density at radius 1 is 1.60 bits per heavy atom. The van der Waals surface area contributed by atoms with Crippen molar-refractivity contribution in [2.45, 2.75) is 13.0 Å². The molecule has 0 saturated carbocycles. The highest BCUT2D eigenvalue weighted by Gasteiger charge is 2.04. The lowest BCUT2D eigenvalue weighted by molar-refractivity contribution is 0.373. The number of nitriles is 1. The van der Waals surface area contributed by atoms with Crippen LogP contribution < -0.4 is 5.32 Å². The lowest BCUT2D eigenvalue weighted by Gasteiger charge is -2.14. The molecule has 0 amide bonds. The summed E-state index contributed by atoms with van der Waals surface area (Å²) in [6.07, 6.45) is 0. The van der Waals surface area contributed by atoms with E-state index < -0.39 is 0 Å². The Labute approximate surface area is 62.6 Å². The smallest absolute Gasteiger partial charge is 0.108 e. The zero-order valence-corrected chi connectivity index (χ0v) is 6.89. The minimum Gasteiger partial charge on any atom is -0.307 e. The molecular formula is C7H15N3. The van der Waals surface area contributed by atoms with E-state index in [0.717, 1.165) is 13.1 Å². The van der Waals surface area contributed by atoms with Crippen LogP contribution in [0.5, 0.6) is 0 Å². The first-order chi connectivity index (χ1) is 4.70. The lowest BCUT2D eigenvalue weighted by atomic mass is 10.3. The summed E-state index contributed by atoms with van der Waals surface area (Å²) < 4.78 is 0. The van der Waals surface area contributed by atoms with Crippen molar-refractivity contribution in [3.63, 3.8) is 0 Å². The largest absolute Gasteiger partial charge is 0.307 e. The summed E-state index contributed by atoms with van der Waals surface area (Å²) >= 11 is 0. The molecule has 0 bridgehead atoms. The van der Waals surface area contributed by atoms with E-state index >= 15 is 0 Å². The Morgan fingerprint density at radius 3 is 2.50 bits per heavy atom. The molecule has 1 atom stereocenters. The van der Waals surface area contributed by atoms with E-state index in [1.807, 2.05) is 25.9 Å². The fourth-order valence-electron chi connectivity index (χ4n) is 0.763. The highest BCUT2D eigenvalue weighted by Crippen LogP contribution is 1.83. The number of nitrogens with one attached hydrogen (secondary N) is 1. The standard InChI is InChI=1S/C7H15N3/c1-4-9-7(5-8)6-10(2)3/h7,9H,4,6H2,1-3H3. The van der Waals surface area contributed by atoms with E-state index in [1.165, 1.54) is 0 Å². The third-order valence-electron chi connectivity index (χ3n) is 1.15. The Bertz CT molecular complexity index is 115. The minimum atomic E-state index is -0.0278. The molecule has 0 rings (SSSR count). The third kappa shape index (κ3) is 4.30. The predicted octanol–water partition coefficient (Wildman–Crippen LogP) is 0.0497. The molecule has 1 unspecified atom stereocenters. The summed E-state index contributed by atoms with van der Waals surface area (Å²) in [5.41, 5.74) is 0. The monoisotopic (exact) mass is 141 g/mol. The quantitative estimate of drug-likeness (QED) is 0.601. The second-order valence-electron chi connectivity index (χ2n) is 2.50. The zero-order valence-electron chi connectivity index (χ0n) is 6.89. The highest BCUT2D eigenvalue weighted by atomic mass is 15.1. The lowest BCUT2D eigenvalue weighted by Crippen LogP contribution is -2.36. The topological polar surface area (TPSA) is 39.1 Å². The molecule has 0 aliphatic heterocycles. The molecule has 3 nitrogen and oxygen atoms in total. The molecule has 0 spiro atoms. The first kappa shape index (κ1) is 9.41. The van der Waals surface area contributed by atoms with E-state index in [1.54, 1.807) is 0 Å². The number of rotatable bonds is 4. The van der Waals surface area contributed by atoms with Gasteiger partial charge in [0.15, 0.2) is 0 Å². The van der Waals surface area contributed by atoms with Crippen LogP contribution in [-0.4, -0.2) is 38.1 Å². The summed E-state index contributed by atoms with van der Waals surface area (Å²) in [6.45, 7) is 3.64. The van der Waals surface area contributed by atoms with Gasteiger partial charge in [-0.15, -0.1) is 0 Å². The van der Waals surface area contributed by atoms with Crippen molar-refractivity contribution in [3.8, 4) is 6.07 Å². The Kier molecular flexibility index (Phi) is 4.91. The van der Waals surface area contributed by atoms with Crippen LogP contribution in [0.1, 0.15) is 6.92 Å². The van der Waals surface area contributed by atoms with Crippen LogP contribution in [0, 0.1) is 11.3 Å².